The maximum absolute atomic E-state index is 6.64. The number of rotatable bonds is 9. The van der Waals surface area contributed by atoms with Crippen LogP contribution in [0.25, 0.3) is 139 Å². The van der Waals surface area contributed by atoms with Crippen LogP contribution in [0.15, 0.2) is 271 Å². The van der Waals surface area contributed by atoms with Crippen LogP contribution in [0, 0.1) is 0 Å². The molecule has 346 valence electrons. The van der Waals surface area contributed by atoms with Crippen molar-refractivity contribution in [2.75, 3.05) is 0 Å². The fraction of sp³-hybridized carbons (Fsp3) is 0. The average molecular weight is 945 g/mol. The quantitative estimate of drug-likeness (QED) is 0.145. The van der Waals surface area contributed by atoms with Crippen LogP contribution in [0.1, 0.15) is 0 Å². The first-order valence-corrected chi connectivity index (χ1v) is 25.0. The Balaban J connectivity index is 0.898. The smallest absolute Gasteiger partial charge is 0.164 e. The van der Waals surface area contributed by atoms with Gasteiger partial charge in [0.15, 0.2) is 17.5 Å². The number of fused-ring (bicyclic) bond motifs is 6. The minimum absolute atomic E-state index is 0.570. The van der Waals surface area contributed by atoms with Crippen molar-refractivity contribution in [2.24, 2.45) is 0 Å². The highest BCUT2D eigenvalue weighted by molar-refractivity contribution is 6.14. The summed E-state index contributed by atoms with van der Waals surface area (Å²) < 4.78 is 9.04. The van der Waals surface area contributed by atoms with Gasteiger partial charge in [-0.15, -0.1) is 0 Å². The van der Waals surface area contributed by atoms with Gasteiger partial charge >= 0.3 is 0 Å². The Morgan fingerprint density at radius 3 is 1.45 bits per heavy atom. The molecule has 0 unspecified atom stereocenters. The minimum Gasteiger partial charge on any atom is -0.456 e. The maximum atomic E-state index is 6.64. The van der Waals surface area contributed by atoms with E-state index in [1.54, 1.807) is 0 Å². The lowest BCUT2D eigenvalue weighted by Crippen LogP contribution is -2.00. The zero-order valence-electron chi connectivity index (χ0n) is 40.1. The summed E-state index contributed by atoms with van der Waals surface area (Å²) in [5.74, 6) is 1.75. The summed E-state index contributed by atoms with van der Waals surface area (Å²) in [4.78, 5) is 15.8. The average Bonchev–Trinajstić information content (AvgIpc) is 4.03. The van der Waals surface area contributed by atoms with Gasteiger partial charge in [-0.05, 0) is 117 Å². The van der Waals surface area contributed by atoms with Crippen molar-refractivity contribution in [1.82, 2.24) is 19.5 Å². The number of para-hydroxylation sites is 2. The summed E-state index contributed by atoms with van der Waals surface area (Å²) in [6.45, 7) is 0. The van der Waals surface area contributed by atoms with Gasteiger partial charge in [0.1, 0.15) is 11.2 Å². The van der Waals surface area contributed by atoms with E-state index >= 15 is 0 Å². The molecule has 0 saturated heterocycles. The normalized spacial score (nSPS) is 11.5. The second kappa shape index (κ2) is 18.0. The second-order valence-electron chi connectivity index (χ2n) is 18.7. The summed E-state index contributed by atoms with van der Waals surface area (Å²) in [5, 5.41) is 4.34. The van der Waals surface area contributed by atoms with E-state index in [9.17, 15) is 0 Å². The van der Waals surface area contributed by atoms with E-state index in [0.717, 1.165) is 99.9 Å². The molecule has 14 aromatic rings. The first-order chi connectivity index (χ1) is 36.7. The van der Waals surface area contributed by atoms with E-state index in [0.29, 0.717) is 17.5 Å². The van der Waals surface area contributed by atoms with Crippen LogP contribution in [-0.4, -0.2) is 19.5 Å². The Morgan fingerprint density at radius 2 is 0.730 bits per heavy atom. The Labute approximate surface area is 428 Å². The molecule has 0 aliphatic heterocycles. The number of benzene rings is 11. The van der Waals surface area contributed by atoms with E-state index in [1.165, 1.54) is 21.9 Å². The molecule has 5 heteroatoms. The first-order valence-electron chi connectivity index (χ1n) is 25.0. The van der Waals surface area contributed by atoms with Gasteiger partial charge in [-0.2, -0.15) is 0 Å². The number of aromatic nitrogens is 4. The highest BCUT2D eigenvalue weighted by atomic mass is 16.3. The predicted molar refractivity (Wildman–Crippen MR) is 305 cm³/mol. The maximum Gasteiger partial charge on any atom is 0.164 e. The summed E-state index contributed by atoms with van der Waals surface area (Å²) in [6.07, 6.45) is 0. The van der Waals surface area contributed by atoms with Gasteiger partial charge in [0.2, 0.25) is 0 Å². The number of hydrogen-bond donors (Lipinski definition) is 0. The van der Waals surface area contributed by atoms with Crippen molar-refractivity contribution in [1.29, 1.82) is 0 Å². The van der Waals surface area contributed by atoms with Crippen molar-refractivity contribution < 1.29 is 4.42 Å². The molecule has 0 bridgehead atoms. The Hall–Kier alpha value is -9.97. The lowest BCUT2D eigenvalue weighted by Gasteiger charge is -2.14. The summed E-state index contributed by atoms with van der Waals surface area (Å²) in [6, 6.07) is 94.2. The monoisotopic (exact) mass is 944 g/mol. The molecule has 0 saturated carbocycles. The molecule has 3 heterocycles. The topological polar surface area (TPSA) is 56.7 Å². The zero-order chi connectivity index (χ0) is 49.0. The first kappa shape index (κ1) is 42.9. The lowest BCUT2D eigenvalue weighted by atomic mass is 9.93. The third-order valence-electron chi connectivity index (χ3n) is 14.2. The molecule has 0 atom stereocenters. The molecule has 74 heavy (non-hydrogen) atoms. The van der Waals surface area contributed by atoms with Crippen LogP contribution in [-0.2, 0) is 0 Å². The SMILES string of the molecule is c1ccc(-c2cc(-c3ccccc3)cc(-c3cccc(-c4nc(-c5ccccc5)nc(-c5cccc6oc7ccc(-c8ccc9c(c8)c8ccccc8n9-c8ccccc8-c8ccccc8)cc7c56)n4)c3)c2)cc1. The number of nitrogens with zero attached hydrogens (tertiary/aromatic N) is 4. The van der Waals surface area contributed by atoms with Crippen molar-refractivity contribution >= 4 is 43.7 Å². The van der Waals surface area contributed by atoms with Gasteiger partial charge < -0.3 is 8.98 Å². The number of furan rings is 1. The molecule has 14 rings (SSSR count). The van der Waals surface area contributed by atoms with E-state index in [-0.39, 0.29) is 0 Å². The third-order valence-corrected chi connectivity index (χ3v) is 14.2. The Kier molecular flexibility index (Phi) is 10.4. The van der Waals surface area contributed by atoms with Gasteiger partial charge in [-0.3, -0.25) is 0 Å². The zero-order valence-corrected chi connectivity index (χ0v) is 40.1. The van der Waals surface area contributed by atoms with Crippen LogP contribution in [0.4, 0.5) is 0 Å². The van der Waals surface area contributed by atoms with Crippen LogP contribution < -0.4 is 0 Å². The standard InChI is InChI=1S/C69H44N4O/c1-5-19-45(20-6-1)53-40-54(46-21-7-2-8-22-46)42-55(41-53)49-27-17-28-52(39-49)68-70-67(48-25-11-4-12-26-48)71-69(72-68)58-31-18-34-65-66(58)60-44-51(36-38-64(60)74-65)50-35-37-63-59(43-50)57-30-14-16-33-62(57)73(63)61-32-15-13-29-56(61)47-23-9-3-10-24-47/h1-44H. The van der Waals surface area contributed by atoms with Crippen LogP contribution in [0.3, 0.4) is 0 Å². The summed E-state index contributed by atoms with van der Waals surface area (Å²) in [5.41, 5.74) is 19.1. The lowest BCUT2D eigenvalue weighted by molar-refractivity contribution is 0.669. The molecule has 0 N–H and O–H groups in total. The van der Waals surface area contributed by atoms with Gasteiger partial charge in [-0.25, -0.2) is 15.0 Å². The van der Waals surface area contributed by atoms with Crippen molar-refractivity contribution in [3.05, 3.63) is 267 Å². The molecule has 0 radical (unpaired) electrons. The van der Waals surface area contributed by atoms with Crippen LogP contribution >= 0.6 is 0 Å². The van der Waals surface area contributed by atoms with Crippen LogP contribution in [0.5, 0.6) is 0 Å². The Bertz CT molecular complexity index is 4350. The molecule has 0 spiro atoms. The minimum atomic E-state index is 0.570. The second-order valence-corrected chi connectivity index (χ2v) is 18.7. The van der Waals surface area contributed by atoms with Gasteiger partial charge in [-0.1, -0.05) is 200 Å². The van der Waals surface area contributed by atoms with Gasteiger partial charge in [0.25, 0.3) is 0 Å². The highest BCUT2D eigenvalue weighted by Gasteiger charge is 2.21. The van der Waals surface area contributed by atoms with E-state index in [4.69, 9.17) is 19.4 Å². The predicted octanol–water partition coefficient (Wildman–Crippen LogP) is 18.2. The molecule has 0 aliphatic carbocycles. The molecular formula is C69H44N4O. The van der Waals surface area contributed by atoms with Gasteiger partial charge in [0.05, 0.1) is 16.7 Å². The van der Waals surface area contributed by atoms with Crippen molar-refractivity contribution in [3.8, 4) is 95.5 Å². The Morgan fingerprint density at radius 1 is 0.257 bits per heavy atom. The highest BCUT2D eigenvalue weighted by Crippen LogP contribution is 2.42. The fourth-order valence-corrected chi connectivity index (χ4v) is 10.7. The number of hydrogen-bond acceptors (Lipinski definition) is 4. The summed E-state index contributed by atoms with van der Waals surface area (Å²) in [7, 11) is 0. The molecule has 0 fully saturated rings. The summed E-state index contributed by atoms with van der Waals surface area (Å²) >= 11 is 0. The van der Waals surface area contributed by atoms with Crippen molar-refractivity contribution in [3.63, 3.8) is 0 Å². The third kappa shape index (κ3) is 7.63. The van der Waals surface area contributed by atoms with Crippen molar-refractivity contribution in [2.45, 2.75) is 0 Å². The molecular weight excluding hydrogens is 901 g/mol. The van der Waals surface area contributed by atoms with E-state index in [2.05, 4.69) is 241 Å². The molecule has 11 aromatic carbocycles. The van der Waals surface area contributed by atoms with Crippen LogP contribution in [0.2, 0.25) is 0 Å². The largest absolute Gasteiger partial charge is 0.456 e. The molecule has 5 nitrogen and oxygen atoms in total. The van der Waals surface area contributed by atoms with E-state index < -0.39 is 0 Å². The molecule has 0 aliphatic rings. The molecule has 0 amide bonds. The molecule has 3 aromatic heterocycles. The van der Waals surface area contributed by atoms with Gasteiger partial charge in [0, 0.05) is 43.8 Å². The fourth-order valence-electron chi connectivity index (χ4n) is 10.7. The van der Waals surface area contributed by atoms with E-state index in [1.807, 2.05) is 30.3 Å².